The van der Waals surface area contributed by atoms with Crippen LogP contribution in [0.15, 0.2) is 66.9 Å². The van der Waals surface area contributed by atoms with Crippen molar-refractivity contribution >= 4 is 10.8 Å². The molecule has 1 aliphatic rings. The first-order valence-corrected chi connectivity index (χ1v) is 11.2. The molecule has 164 valence electrons. The number of nitrogens with zero attached hydrogens (tertiary/aromatic N) is 2. The Kier molecular flexibility index (Phi) is 5.82. The Bertz CT molecular complexity index is 1210. The first-order valence-electron chi connectivity index (χ1n) is 11.2. The Morgan fingerprint density at radius 2 is 1.69 bits per heavy atom. The second-order valence-corrected chi connectivity index (χ2v) is 8.50. The van der Waals surface area contributed by atoms with E-state index in [1.54, 1.807) is 14.2 Å². The van der Waals surface area contributed by atoms with E-state index in [4.69, 9.17) is 9.47 Å². The summed E-state index contributed by atoms with van der Waals surface area (Å²) < 4.78 is 10.8. The number of likely N-dealkylation sites (tertiary alicyclic amines) is 1. The zero-order valence-corrected chi connectivity index (χ0v) is 18.7. The first-order chi connectivity index (χ1) is 15.7. The summed E-state index contributed by atoms with van der Waals surface area (Å²) in [6, 6.07) is 21.4. The molecule has 1 aromatic heterocycles. The van der Waals surface area contributed by atoms with Gasteiger partial charge in [0.05, 0.1) is 20.4 Å². The molecule has 1 fully saturated rings. The van der Waals surface area contributed by atoms with Crippen LogP contribution in [-0.4, -0.2) is 42.4 Å². The largest absolute Gasteiger partial charge is 0.493 e. The van der Waals surface area contributed by atoms with E-state index < -0.39 is 0 Å². The summed E-state index contributed by atoms with van der Waals surface area (Å²) >= 11 is 0. The summed E-state index contributed by atoms with van der Waals surface area (Å²) in [6.45, 7) is 3.05. The molecule has 0 bridgehead atoms. The summed E-state index contributed by atoms with van der Waals surface area (Å²) in [5, 5.41) is 10.3. The van der Waals surface area contributed by atoms with Crippen molar-refractivity contribution in [1.29, 1.82) is 0 Å². The van der Waals surface area contributed by atoms with Crippen LogP contribution in [0.25, 0.3) is 21.9 Å². The molecule has 5 nitrogen and oxygen atoms in total. The SMILES string of the molecule is COc1ccc(CN2CCC(c3[nH]ncc3-c3ccc4ccccc4c3)CC2)cc1OC. The van der Waals surface area contributed by atoms with E-state index in [-0.39, 0.29) is 0 Å². The lowest BCUT2D eigenvalue weighted by molar-refractivity contribution is 0.203. The molecule has 0 aliphatic carbocycles. The third-order valence-electron chi connectivity index (χ3n) is 6.58. The molecule has 3 aromatic carbocycles. The lowest BCUT2D eigenvalue weighted by Gasteiger charge is -2.32. The third-order valence-corrected chi connectivity index (χ3v) is 6.58. The fraction of sp³-hybridized carbons (Fsp3) is 0.296. The smallest absolute Gasteiger partial charge is 0.161 e. The van der Waals surface area contributed by atoms with Crippen molar-refractivity contribution in [2.24, 2.45) is 0 Å². The van der Waals surface area contributed by atoms with E-state index >= 15 is 0 Å². The van der Waals surface area contributed by atoms with Gasteiger partial charge in [-0.15, -0.1) is 0 Å². The Balaban J connectivity index is 1.28. The number of aromatic nitrogens is 2. The van der Waals surface area contributed by atoms with Gasteiger partial charge < -0.3 is 9.47 Å². The number of H-pyrrole nitrogens is 1. The van der Waals surface area contributed by atoms with Crippen molar-refractivity contribution in [3.63, 3.8) is 0 Å². The van der Waals surface area contributed by atoms with Crippen LogP contribution in [0.5, 0.6) is 11.5 Å². The number of benzene rings is 3. The van der Waals surface area contributed by atoms with E-state index in [9.17, 15) is 0 Å². The quantitative estimate of drug-likeness (QED) is 0.433. The Morgan fingerprint density at radius 1 is 0.906 bits per heavy atom. The number of ether oxygens (including phenoxy) is 2. The van der Waals surface area contributed by atoms with E-state index in [0.29, 0.717) is 5.92 Å². The number of fused-ring (bicyclic) bond motifs is 1. The molecule has 0 spiro atoms. The van der Waals surface area contributed by atoms with E-state index in [2.05, 4.69) is 69.7 Å². The molecule has 5 rings (SSSR count). The molecule has 0 radical (unpaired) electrons. The van der Waals surface area contributed by atoms with Gasteiger partial charge in [-0.05, 0) is 66.0 Å². The molecule has 32 heavy (non-hydrogen) atoms. The highest BCUT2D eigenvalue weighted by Crippen LogP contribution is 2.35. The molecule has 1 aliphatic heterocycles. The fourth-order valence-corrected chi connectivity index (χ4v) is 4.81. The Labute approximate surface area is 189 Å². The minimum Gasteiger partial charge on any atom is -0.493 e. The molecule has 0 amide bonds. The highest BCUT2D eigenvalue weighted by molar-refractivity contribution is 5.87. The minimum atomic E-state index is 0.501. The number of aromatic amines is 1. The summed E-state index contributed by atoms with van der Waals surface area (Å²) in [4.78, 5) is 2.52. The van der Waals surface area contributed by atoms with Crippen LogP contribution in [0.4, 0.5) is 0 Å². The summed E-state index contributed by atoms with van der Waals surface area (Å²) in [7, 11) is 3.36. The molecule has 4 aromatic rings. The fourth-order valence-electron chi connectivity index (χ4n) is 4.81. The molecule has 5 heteroatoms. The van der Waals surface area contributed by atoms with Gasteiger partial charge in [0.25, 0.3) is 0 Å². The van der Waals surface area contributed by atoms with Gasteiger partial charge in [-0.2, -0.15) is 5.10 Å². The average Bonchev–Trinajstić information content (AvgIpc) is 3.34. The zero-order valence-electron chi connectivity index (χ0n) is 18.7. The van der Waals surface area contributed by atoms with Gasteiger partial charge in [0.2, 0.25) is 0 Å². The van der Waals surface area contributed by atoms with Crippen LogP contribution in [-0.2, 0) is 6.54 Å². The van der Waals surface area contributed by atoms with Gasteiger partial charge in [-0.1, -0.05) is 42.5 Å². The van der Waals surface area contributed by atoms with Crippen LogP contribution < -0.4 is 9.47 Å². The predicted octanol–water partition coefficient (Wildman–Crippen LogP) is 5.63. The van der Waals surface area contributed by atoms with Crippen molar-refractivity contribution in [1.82, 2.24) is 15.1 Å². The molecule has 0 atom stereocenters. The van der Waals surface area contributed by atoms with Crippen molar-refractivity contribution in [3.05, 3.63) is 78.1 Å². The highest BCUT2D eigenvalue weighted by Gasteiger charge is 2.24. The van der Waals surface area contributed by atoms with Crippen LogP contribution in [0.1, 0.15) is 30.0 Å². The normalized spacial score (nSPS) is 15.2. The summed E-state index contributed by atoms with van der Waals surface area (Å²) in [5.41, 5.74) is 4.99. The number of piperidine rings is 1. The number of hydrogen-bond acceptors (Lipinski definition) is 4. The summed E-state index contributed by atoms with van der Waals surface area (Å²) in [5.74, 6) is 2.06. The second kappa shape index (κ2) is 9.05. The molecule has 0 saturated carbocycles. The van der Waals surface area contributed by atoms with Gasteiger partial charge >= 0.3 is 0 Å². The van der Waals surface area contributed by atoms with Crippen molar-refractivity contribution < 1.29 is 9.47 Å². The van der Waals surface area contributed by atoms with Crippen LogP contribution >= 0.6 is 0 Å². The predicted molar refractivity (Wildman–Crippen MR) is 128 cm³/mol. The molecule has 1 saturated heterocycles. The molecule has 0 unspecified atom stereocenters. The maximum absolute atomic E-state index is 5.46. The van der Waals surface area contributed by atoms with Gasteiger partial charge in [0.15, 0.2) is 11.5 Å². The van der Waals surface area contributed by atoms with Gasteiger partial charge in [0.1, 0.15) is 0 Å². The average molecular weight is 428 g/mol. The van der Waals surface area contributed by atoms with Gasteiger partial charge in [-0.3, -0.25) is 10.00 Å². The van der Waals surface area contributed by atoms with E-state index in [1.807, 2.05) is 12.3 Å². The lowest BCUT2D eigenvalue weighted by atomic mass is 9.89. The molecular formula is C27H29N3O2. The van der Waals surface area contributed by atoms with Crippen molar-refractivity contribution in [2.75, 3.05) is 27.3 Å². The summed E-state index contributed by atoms with van der Waals surface area (Å²) in [6.07, 6.45) is 4.22. The monoisotopic (exact) mass is 427 g/mol. The van der Waals surface area contributed by atoms with Crippen molar-refractivity contribution in [2.45, 2.75) is 25.3 Å². The third kappa shape index (κ3) is 4.08. The Hall–Kier alpha value is -3.31. The highest BCUT2D eigenvalue weighted by atomic mass is 16.5. The maximum Gasteiger partial charge on any atom is 0.161 e. The van der Waals surface area contributed by atoms with Crippen LogP contribution in [0.3, 0.4) is 0 Å². The van der Waals surface area contributed by atoms with E-state index in [1.165, 1.54) is 33.2 Å². The lowest BCUT2D eigenvalue weighted by Crippen LogP contribution is -2.32. The van der Waals surface area contributed by atoms with Crippen LogP contribution in [0.2, 0.25) is 0 Å². The van der Waals surface area contributed by atoms with Crippen molar-refractivity contribution in [3.8, 4) is 22.6 Å². The molecule has 2 heterocycles. The number of nitrogens with one attached hydrogen (secondary N) is 1. The number of rotatable bonds is 6. The minimum absolute atomic E-state index is 0.501. The van der Waals surface area contributed by atoms with Gasteiger partial charge in [-0.25, -0.2) is 0 Å². The zero-order chi connectivity index (χ0) is 21.9. The Morgan fingerprint density at radius 3 is 2.47 bits per heavy atom. The standard InChI is InChI=1S/C27H29N3O2/c1-31-25-10-7-19(15-26(25)32-2)18-30-13-11-21(12-14-30)27-24(17-28-29-27)23-9-8-20-5-3-4-6-22(20)16-23/h3-10,15-17,21H,11-14,18H2,1-2H3,(H,28,29). The van der Waals surface area contributed by atoms with E-state index in [0.717, 1.165) is 44.0 Å². The molecule has 1 N–H and O–H groups in total. The van der Waals surface area contributed by atoms with Gasteiger partial charge in [0, 0.05) is 23.7 Å². The number of hydrogen-bond donors (Lipinski definition) is 1. The topological polar surface area (TPSA) is 50.4 Å². The first kappa shape index (κ1) is 20.6. The maximum atomic E-state index is 5.46. The second-order valence-electron chi connectivity index (χ2n) is 8.50. The number of methoxy groups -OCH3 is 2. The van der Waals surface area contributed by atoms with Crippen LogP contribution in [0, 0.1) is 0 Å². The molecular weight excluding hydrogens is 398 g/mol.